The third-order valence-electron chi connectivity index (χ3n) is 2.38. The first-order valence-electron chi connectivity index (χ1n) is 5.13. The summed E-state index contributed by atoms with van der Waals surface area (Å²) in [6.45, 7) is 4.95. The summed E-state index contributed by atoms with van der Waals surface area (Å²) in [5.74, 6) is 0.789. The Labute approximate surface area is 79.8 Å². The first kappa shape index (κ1) is 10.7. The van der Waals surface area contributed by atoms with Gasteiger partial charge in [0, 0.05) is 13.0 Å². The lowest BCUT2D eigenvalue weighted by atomic mass is 9.94. The third-order valence-corrected chi connectivity index (χ3v) is 2.38. The molecule has 1 N–H and O–H groups in total. The molecular formula is C10H19NO2. The molecule has 0 aromatic carbocycles. The van der Waals surface area contributed by atoms with Crippen LogP contribution in [0, 0.1) is 5.92 Å². The molecule has 1 saturated heterocycles. The van der Waals surface area contributed by atoms with Crippen molar-refractivity contribution in [1.82, 2.24) is 5.32 Å². The number of rotatable bonds is 5. The molecule has 1 fully saturated rings. The van der Waals surface area contributed by atoms with Crippen LogP contribution in [-0.4, -0.2) is 32.1 Å². The summed E-state index contributed by atoms with van der Waals surface area (Å²) in [5.41, 5.74) is 0. The topological polar surface area (TPSA) is 38.3 Å². The minimum absolute atomic E-state index is 0.246. The van der Waals surface area contributed by atoms with E-state index in [-0.39, 0.29) is 5.78 Å². The van der Waals surface area contributed by atoms with E-state index in [9.17, 15) is 4.79 Å². The van der Waals surface area contributed by atoms with Crippen molar-refractivity contribution in [3.05, 3.63) is 0 Å². The third kappa shape index (κ3) is 4.39. The predicted octanol–water partition coefficient (Wildman–Crippen LogP) is 0.982. The molecule has 1 aliphatic heterocycles. The number of carbonyl (C=O) groups is 1. The lowest BCUT2D eigenvalue weighted by Gasteiger charge is -2.21. The fraction of sp³-hybridized carbons (Fsp3) is 0.900. The van der Waals surface area contributed by atoms with Crippen molar-refractivity contribution in [2.75, 3.05) is 26.3 Å². The predicted molar refractivity (Wildman–Crippen MR) is 51.7 cm³/mol. The maximum absolute atomic E-state index is 11.3. The molecule has 1 heterocycles. The van der Waals surface area contributed by atoms with Gasteiger partial charge in [-0.15, -0.1) is 0 Å². The highest BCUT2D eigenvalue weighted by Crippen LogP contribution is 2.14. The van der Waals surface area contributed by atoms with Crippen LogP contribution < -0.4 is 5.32 Å². The second-order valence-corrected chi connectivity index (χ2v) is 3.59. The van der Waals surface area contributed by atoms with Crippen LogP contribution in [0.5, 0.6) is 0 Å². The van der Waals surface area contributed by atoms with E-state index in [0.29, 0.717) is 25.6 Å². The molecule has 13 heavy (non-hydrogen) atoms. The standard InChI is InChI=1S/C10H19NO2/c1-2-13-8-10(12)6-9-4-3-5-11-7-9/h9,11H,2-8H2,1H3. The summed E-state index contributed by atoms with van der Waals surface area (Å²) >= 11 is 0. The molecule has 1 unspecified atom stereocenters. The smallest absolute Gasteiger partial charge is 0.158 e. The number of hydrogen-bond donors (Lipinski definition) is 1. The molecule has 3 heteroatoms. The summed E-state index contributed by atoms with van der Waals surface area (Å²) in [6, 6.07) is 0. The molecule has 0 aromatic rings. The Hall–Kier alpha value is -0.410. The molecule has 0 aliphatic carbocycles. The van der Waals surface area contributed by atoms with E-state index in [0.717, 1.165) is 13.1 Å². The van der Waals surface area contributed by atoms with Gasteiger partial charge in [0.2, 0.25) is 0 Å². The van der Waals surface area contributed by atoms with Gasteiger partial charge in [-0.3, -0.25) is 4.79 Å². The van der Waals surface area contributed by atoms with Crippen LogP contribution in [0.4, 0.5) is 0 Å². The summed E-state index contributed by atoms with van der Waals surface area (Å²) < 4.78 is 5.07. The zero-order valence-corrected chi connectivity index (χ0v) is 8.34. The Balaban J connectivity index is 2.11. The first-order chi connectivity index (χ1) is 6.33. The van der Waals surface area contributed by atoms with E-state index in [4.69, 9.17) is 4.74 Å². The monoisotopic (exact) mass is 185 g/mol. The lowest BCUT2D eigenvalue weighted by Crippen LogP contribution is -2.31. The number of nitrogens with one attached hydrogen (secondary N) is 1. The Bertz CT molecular complexity index is 153. The average molecular weight is 185 g/mol. The minimum Gasteiger partial charge on any atom is -0.374 e. The van der Waals surface area contributed by atoms with Crippen LogP contribution in [0.2, 0.25) is 0 Å². The van der Waals surface area contributed by atoms with Gasteiger partial charge in [0.15, 0.2) is 5.78 Å². The van der Waals surface area contributed by atoms with Crippen LogP contribution in [0.25, 0.3) is 0 Å². The highest BCUT2D eigenvalue weighted by molar-refractivity contribution is 5.79. The second-order valence-electron chi connectivity index (χ2n) is 3.59. The van der Waals surface area contributed by atoms with Crippen LogP contribution in [-0.2, 0) is 9.53 Å². The number of carbonyl (C=O) groups excluding carboxylic acids is 1. The Morgan fingerprint density at radius 1 is 1.62 bits per heavy atom. The van der Waals surface area contributed by atoms with Gasteiger partial charge in [-0.2, -0.15) is 0 Å². The SMILES string of the molecule is CCOCC(=O)CC1CCCNC1. The number of Topliss-reactive ketones (excluding diaryl/α,β-unsaturated/α-hetero) is 1. The van der Waals surface area contributed by atoms with E-state index < -0.39 is 0 Å². The molecule has 1 aliphatic rings. The molecule has 76 valence electrons. The van der Waals surface area contributed by atoms with Gasteiger partial charge in [0.05, 0.1) is 0 Å². The normalized spacial score (nSPS) is 23.0. The molecule has 0 spiro atoms. The fourth-order valence-corrected chi connectivity index (χ4v) is 1.70. The van der Waals surface area contributed by atoms with Gasteiger partial charge in [-0.25, -0.2) is 0 Å². The molecular weight excluding hydrogens is 166 g/mol. The summed E-state index contributed by atoms with van der Waals surface area (Å²) in [6.07, 6.45) is 3.07. The maximum Gasteiger partial charge on any atom is 0.158 e. The van der Waals surface area contributed by atoms with Crippen LogP contribution >= 0.6 is 0 Å². The number of hydrogen-bond acceptors (Lipinski definition) is 3. The van der Waals surface area contributed by atoms with Gasteiger partial charge in [0.1, 0.15) is 6.61 Å². The highest BCUT2D eigenvalue weighted by Gasteiger charge is 2.16. The first-order valence-corrected chi connectivity index (χ1v) is 5.13. The molecule has 0 aromatic heterocycles. The van der Waals surface area contributed by atoms with Gasteiger partial charge >= 0.3 is 0 Å². The molecule has 0 amide bonds. The molecule has 3 nitrogen and oxygen atoms in total. The Morgan fingerprint density at radius 3 is 3.08 bits per heavy atom. The largest absolute Gasteiger partial charge is 0.374 e. The van der Waals surface area contributed by atoms with E-state index in [1.165, 1.54) is 12.8 Å². The molecule has 0 radical (unpaired) electrons. The van der Waals surface area contributed by atoms with Crippen molar-refractivity contribution in [2.24, 2.45) is 5.92 Å². The number of ketones is 1. The van der Waals surface area contributed by atoms with E-state index >= 15 is 0 Å². The summed E-state index contributed by atoms with van der Waals surface area (Å²) in [4.78, 5) is 11.3. The van der Waals surface area contributed by atoms with Crippen LogP contribution in [0.1, 0.15) is 26.2 Å². The second kappa shape index (κ2) is 6.11. The van der Waals surface area contributed by atoms with Gasteiger partial charge in [-0.1, -0.05) is 0 Å². The number of piperidine rings is 1. The van der Waals surface area contributed by atoms with Gasteiger partial charge in [0.25, 0.3) is 0 Å². The van der Waals surface area contributed by atoms with Gasteiger partial charge < -0.3 is 10.1 Å². The number of ether oxygens (including phenoxy) is 1. The Morgan fingerprint density at radius 2 is 2.46 bits per heavy atom. The summed E-state index contributed by atoms with van der Waals surface area (Å²) in [5, 5.41) is 3.30. The van der Waals surface area contributed by atoms with Crippen molar-refractivity contribution in [1.29, 1.82) is 0 Å². The van der Waals surface area contributed by atoms with Crippen molar-refractivity contribution in [3.63, 3.8) is 0 Å². The lowest BCUT2D eigenvalue weighted by molar-refractivity contribution is -0.124. The maximum atomic E-state index is 11.3. The van der Waals surface area contributed by atoms with Crippen molar-refractivity contribution in [2.45, 2.75) is 26.2 Å². The fourth-order valence-electron chi connectivity index (χ4n) is 1.70. The zero-order valence-electron chi connectivity index (χ0n) is 8.34. The molecule has 1 atom stereocenters. The molecule has 1 rings (SSSR count). The van der Waals surface area contributed by atoms with Crippen LogP contribution in [0.3, 0.4) is 0 Å². The zero-order chi connectivity index (χ0) is 9.52. The van der Waals surface area contributed by atoms with Crippen molar-refractivity contribution < 1.29 is 9.53 Å². The highest BCUT2D eigenvalue weighted by atomic mass is 16.5. The quantitative estimate of drug-likeness (QED) is 0.694. The molecule has 0 saturated carbocycles. The van der Waals surface area contributed by atoms with Crippen molar-refractivity contribution >= 4 is 5.78 Å². The van der Waals surface area contributed by atoms with E-state index in [2.05, 4.69) is 5.32 Å². The van der Waals surface area contributed by atoms with Crippen molar-refractivity contribution in [3.8, 4) is 0 Å². The summed E-state index contributed by atoms with van der Waals surface area (Å²) in [7, 11) is 0. The van der Waals surface area contributed by atoms with E-state index in [1.807, 2.05) is 6.92 Å². The van der Waals surface area contributed by atoms with E-state index in [1.54, 1.807) is 0 Å². The Kier molecular flexibility index (Phi) is 5.01. The van der Waals surface area contributed by atoms with Gasteiger partial charge in [-0.05, 0) is 38.8 Å². The average Bonchev–Trinajstić information content (AvgIpc) is 2.16. The minimum atomic E-state index is 0.246. The van der Waals surface area contributed by atoms with Crippen LogP contribution in [0.15, 0.2) is 0 Å². The molecule has 0 bridgehead atoms.